The van der Waals surface area contributed by atoms with E-state index in [1.54, 1.807) is 25.3 Å². The van der Waals surface area contributed by atoms with E-state index in [-0.39, 0.29) is 16.4 Å². The number of aromatic nitrogens is 1. The molecule has 2 aromatic rings. The molecule has 0 N–H and O–H groups in total. The lowest BCUT2D eigenvalue weighted by molar-refractivity contribution is -0.383. The summed E-state index contributed by atoms with van der Waals surface area (Å²) in [5.41, 5.74) is 0.115. The lowest BCUT2D eigenvalue weighted by Crippen LogP contribution is -2.04. The number of nitro benzene ring substituents is 1. The number of methoxy groups -OCH3 is 1. The first-order valence-corrected chi connectivity index (χ1v) is 5.86. The average molecular weight is 283 g/mol. The van der Waals surface area contributed by atoms with Crippen molar-refractivity contribution < 1.29 is 14.4 Å². The Kier molecular flexibility index (Phi) is 4.13. The molecule has 100 valence electrons. The van der Waals surface area contributed by atoms with Crippen LogP contribution in [-0.4, -0.2) is 30.2 Å². The van der Waals surface area contributed by atoms with E-state index < -0.39 is 4.92 Å². The number of hydrogen-bond donors (Lipinski definition) is 0. The first-order chi connectivity index (χ1) is 9.11. The molecule has 6 nitrogen and oxygen atoms in total. The number of non-ortho nitro benzene ring substituents is 1. The minimum absolute atomic E-state index is 0.132. The van der Waals surface area contributed by atoms with Crippen molar-refractivity contribution >= 4 is 28.2 Å². The Bertz CT molecular complexity index is 618. The number of benzene rings is 1. The molecule has 1 aromatic carbocycles. The van der Waals surface area contributed by atoms with Crippen molar-refractivity contribution in [2.45, 2.75) is 0 Å². The van der Waals surface area contributed by atoms with Crippen LogP contribution in [0.3, 0.4) is 0 Å². The highest BCUT2D eigenvalue weighted by atomic mass is 35.5. The Morgan fingerprint density at radius 3 is 2.84 bits per heavy atom. The van der Waals surface area contributed by atoms with Crippen LogP contribution in [0, 0.1) is 10.1 Å². The van der Waals surface area contributed by atoms with Crippen molar-refractivity contribution in [3.8, 4) is 5.75 Å². The van der Waals surface area contributed by atoms with Gasteiger partial charge in [-0.05, 0) is 18.2 Å². The summed E-state index contributed by atoms with van der Waals surface area (Å²) in [7, 11) is 1.55. The van der Waals surface area contributed by atoms with E-state index in [2.05, 4.69) is 4.98 Å². The molecule has 0 spiro atoms. The fraction of sp³-hybridized carbons (Fsp3) is 0.250. The number of rotatable bonds is 5. The average Bonchev–Trinajstić information content (AvgIpc) is 2.38. The van der Waals surface area contributed by atoms with Crippen molar-refractivity contribution in [2.75, 3.05) is 20.3 Å². The molecule has 0 aliphatic rings. The monoisotopic (exact) mass is 282 g/mol. The van der Waals surface area contributed by atoms with Crippen molar-refractivity contribution in [1.82, 2.24) is 4.98 Å². The van der Waals surface area contributed by atoms with Crippen LogP contribution in [0.1, 0.15) is 0 Å². The van der Waals surface area contributed by atoms with Gasteiger partial charge < -0.3 is 9.47 Å². The molecule has 2 rings (SSSR count). The first-order valence-electron chi connectivity index (χ1n) is 5.48. The molecule has 0 aliphatic carbocycles. The lowest BCUT2D eigenvalue weighted by atomic mass is 10.2. The molecule has 7 heteroatoms. The number of nitro groups is 1. The van der Waals surface area contributed by atoms with Crippen LogP contribution in [0.25, 0.3) is 10.9 Å². The topological polar surface area (TPSA) is 74.5 Å². The van der Waals surface area contributed by atoms with Gasteiger partial charge in [0.15, 0.2) is 0 Å². The molecule has 0 fully saturated rings. The highest BCUT2D eigenvalue weighted by molar-refractivity contribution is 6.29. The quantitative estimate of drug-likeness (QED) is 0.365. The van der Waals surface area contributed by atoms with Crippen LogP contribution in [0.2, 0.25) is 5.15 Å². The molecule has 0 saturated heterocycles. The highest BCUT2D eigenvalue weighted by Crippen LogP contribution is 2.30. The summed E-state index contributed by atoms with van der Waals surface area (Å²) in [5, 5.41) is 11.9. The third kappa shape index (κ3) is 3.10. The maximum Gasteiger partial charge on any atom is 0.299 e. The molecule has 0 saturated carbocycles. The molecule has 0 unspecified atom stereocenters. The Hall–Kier alpha value is -1.92. The maximum absolute atomic E-state index is 11.1. The SMILES string of the molecule is COCCOc1cc([N+](=O)[O-])c2nc(Cl)ccc2c1. The van der Waals surface area contributed by atoms with Crippen molar-refractivity contribution in [1.29, 1.82) is 0 Å². The van der Waals surface area contributed by atoms with E-state index in [1.807, 2.05) is 0 Å². The second kappa shape index (κ2) is 5.81. The molecule has 0 amide bonds. The van der Waals surface area contributed by atoms with Crippen LogP contribution >= 0.6 is 11.6 Å². The summed E-state index contributed by atoms with van der Waals surface area (Å²) < 4.78 is 10.2. The molecule has 0 aliphatic heterocycles. The molecule has 0 radical (unpaired) electrons. The van der Waals surface area contributed by atoms with Crippen molar-refractivity contribution in [2.24, 2.45) is 0 Å². The minimum Gasteiger partial charge on any atom is -0.491 e. The van der Waals surface area contributed by atoms with Crippen molar-refractivity contribution in [3.63, 3.8) is 0 Å². The van der Waals surface area contributed by atoms with Crippen LogP contribution in [0.15, 0.2) is 24.3 Å². The Balaban J connectivity index is 2.46. The standard InChI is InChI=1S/C12H11ClN2O4/c1-18-4-5-19-9-6-8-2-3-11(13)14-12(8)10(7-9)15(16)17/h2-3,6-7H,4-5H2,1H3. The summed E-state index contributed by atoms with van der Waals surface area (Å²) in [6.45, 7) is 0.727. The predicted molar refractivity (Wildman–Crippen MR) is 70.8 cm³/mol. The lowest BCUT2D eigenvalue weighted by Gasteiger charge is -2.07. The molecule has 19 heavy (non-hydrogen) atoms. The van der Waals surface area contributed by atoms with Gasteiger partial charge in [-0.2, -0.15) is 0 Å². The van der Waals surface area contributed by atoms with Gasteiger partial charge in [0.1, 0.15) is 23.0 Å². The van der Waals surface area contributed by atoms with Gasteiger partial charge in [-0.3, -0.25) is 10.1 Å². The van der Waals surface area contributed by atoms with E-state index >= 15 is 0 Å². The fourth-order valence-corrected chi connectivity index (χ4v) is 1.78. The van der Waals surface area contributed by atoms with Crippen molar-refractivity contribution in [3.05, 3.63) is 39.5 Å². The number of pyridine rings is 1. The molecular weight excluding hydrogens is 272 g/mol. The Labute approximate surface area is 114 Å². The van der Waals surface area contributed by atoms with E-state index in [4.69, 9.17) is 21.1 Å². The number of fused-ring (bicyclic) bond motifs is 1. The summed E-state index contributed by atoms with van der Waals surface area (Å²) in [6.07, 6.45) is 0. The van der Waals surface area contributed by atoms with E-state index in [1.165, 1.54) is 6.07 Å². The molecule has 0 atom stereocenters. The van der Waals surface area contributed by atoms with Gasteiger partial charge >= 0.3 is 0 Å². The minimum atomic E-state index is -0.505. The highest BCUT2D eigenvalue weighted by Gasteiger charge is 2.16. The fourth-order valence-electron chi connectivity index (χ4n) is 1.63. The van der Waals surface area contributed by atoms with Gasteiger partial charge in [-0.25, -0.2) is 4.98 Å². The van der Waals surface area contributed by atoms with Gasteiger partial charge in [-0.1, -0.05) is 11.6 Å². The zero-order valence-corrected chi connectivity index (χ0v) is 10.9. The normalized spacial score (nSPS) is 10.6. The number of nitrogens with zero attached hydrogens (tertiary/aromatic N) is 2. The third-order valence-electron chi connectivity index (χ3n) is 2.46. The Morgan fingerprint density at radius 1 is 1.37 bits per heavy atom. The van der Waals surface area contributed by atoms with E-state index in [0.717, 1.165) is 0 Å². The molecule has 1 heterocycles. The number of ether oxygens (including phenoxy) is 2. The largest absolute Gasteiger partial charge is 0.491 e. The van der Waals surface area contributed by atoms with Gasteiger partial charge in [0.05, 0.1) is 17.6 Å². The number of hydrogen-bond acceptors (Lipinski definition) is 5. The summed E-state index contributed by atoms with van der Waals surface area (Å²) in [5.74, 6) is 0.403. The molecule has 1 aromatic heterocycles. The summed E-state index contributed by atoms with van der Waals surface area (Å²) in [6, 6.07) is 6.26. The van der Waals surface area contributed by atoms with Crippen LogP contribution < -0.4 is 4.74 Å². The second-order valence-corrected chi connectivity index (χ2v) is 4.13. The second-order valence-electron chi connectivity index (χ2n) is 3.75. The smallest absolute Gasteiger partial charge is 0.299 e. The zero-order valence-electron chi connectivity index (χ0n) is 10.1. The summed E-state index contributed by atoms with van der Waals surface area (Å²) in [4.78, 5) is 14.5. The van der Waals surface area contributed by atoms with Crippen LogP contribution in [-0.2, 0) is 4.74 Å². The molecular formula is C12H11ClN2O4. The zero-order chi connectivity index (χ0) is 13.8. The Morgan fingerprint density at radius 2 is 2.16 bits per heavy atom. The van der Waals surface area contributed by atoms with Gasteiger partial charge in [-0.15, -0.1) is 0 Å². The van der Waals surface area contributed by atoms with Gasteiger partial charge in [0, 0.05) is 12.5 Å². The predicted octanol–water partition coefficient (Wildman–Crippen LogP) is 2.82. The summed E-state index contributed by atoms with van der Waals surface area (Å²) >= 11 is 5.76. The molecule has 0 bridgehead atoms. The van der Waals surface area contributed by atoms with E-state index in [0.29, 0.717) is 24.3 Å². The first kappa shape index (κ1) is 13.5. The van der Waals surface area contributed by atoms with Gasteiger partial charge in [0.2, 0.25) is 0 Å². The third-order valence-corrected chi connectivity index (χ3v) is 2.68. The van der Waals surface area contributed by atoms with Crippen LogP contribution in [0.5, 0.6) is 5.75 Å². The maximum atomic E-state index is 11.1. The van der Waals surface area contributed by atoms with E-state index in [9.17, 15) is 10.1 Å². The number of halogens is 1. The van der Waals surface area contributed by atoms with Gasteiger partial charge in [0.25, 0.3) is 5.69 Å². The van der Waals surface area contributed by atoms with Crippen LogP contribution in [0.4, 0.5) is 5.69 Å².